The van der Waals surface area contributed by atoms with E-state index in [1.54, 1.807) is 32.2 Å². The summed E-state index contributed by atoms with van der Waals surface area (Å²) in [5, 5.41) is 4.45. The predicted molar refractivity (Wildman–Crippen MR) is 103 cm³/mol. The second kappa shape index (κ2) is 8.39. The number of carbonyl (C=O) groups is 1. The van der Waals surface area contributed by atoms with Gasteiger partial charge < -0.3 is 14.1 Å². The number of rotatable bonds is 8. The maximum atomic E-state index is 13.1. The molecule has 0 saturated heterocycles. The number of methoxy groups -OCH3 is 1. The van der Waals surface area contributed by atoms with Crippen LogP contribution in [0.5, 0.6) is 0 Å². The van der Waals surface area contributed by atoms with Crippen molar-refractivity contribution in [2.45, 2.75) is 39.9 Å². The molecule has 0 spiro atoms. The van der Waals surface area contributed by atoms with Crippen LogP contribution in [0.1, 0.15) is 35.2 Å². The molecule has 0 unspecified atom stereocenters. The molecule has 0 fully saturated rings. The zero-order valence-corrected chi connectivity index (χ0v) is 16.6. The van der Waals surface area contributed by atoms with Crippen LogP contribution in [0.25, 0.3) is 11.1 Å². The smallest absolute Gasteiger partial charge is 0.265 e. The number of aromatic nitrogens is 4. The van der Waals surface area contributed by atoms with E-state index in [-0.39, 0.29) is 28.1 Å². The Morgan fingerprint density at radius 2 is 2.18 bits per heavy atom. The molecule has 0 radical (unpaired) electrons. The summed E-state index contributed by atoms with van der Waals surface area (Å²) >= 11 is 0. The molecule has 3 aromatic rings. The summed E-state index contributed by atoms with van der Waals surface area (Å²) in [4.78, 5) is 31.8. The van der Waals surface area contributed by atoms with Gasteiger partial charge in [-0.3, -0.25) is 18.8 Å². The molecule has 3 aromatic heterocycles. The number of nitrogens with zero attached hydrogens (tertiary/aromatic N) is 5. The van der Waals surface area contributed by atoms with Gasteiger partial charge in [0, 0.05) is 40.1 Å². The Kier molecular flexibility index (Phi) is 5.93. The number of amides is 1. The van der Waals surface area contributed by atoms with Crippen LogP contribution in [0.2, 0.25) is 0 Å². The highest BCUT2D eigenvalue weighted by molar-refractivity contribution is 6.06. The van der Waals surface area contributed by atoms with Crippen molar-refractivity contribution in [3.05, 3.63) is 46.0 Å². The topological polar surface area (TPSA) is 95.4 Å². The maximum absolute atomic E-state index is 13.1. The van der Waals surface area contributed by atoms with Crippen LogP contribution in [-0.4, -0.2) is 50.9 Å². The molecule has 0 aromatic carbocycles. The first-order chi connectivity index (χ1) is 13.5. The standard InChI is InChI=1S/C19H25N5O4/c1-5-24-14(7-8-21-24)11-22(3)18(25)15-13(2)28-17-16(15)19(26)23(12-20-17)9-6-10-27-4/h7-8,12H,5-6,9-11H2,1-4H3. The fourth-order valence-electron chi connectivity index (χ4n) is 3.22. The van der Waals surface area contributed by atoms with Crippen LogP contribution in [0, 0.1) is 6.92 Å². The van der Waals surface area contributed by atoms with E-state index in [1.807, 2.05) is 17.7 Å². The Morgan fingerprint density at radius 1 is 1.39 bits per heavy atom. The third-order valence-corrected chi connectivity index (χ3v) is 4.67. The third kappa shape index (κ3) is 3.70. The van der Waals surface area contributed by atoms with Gasteiger partial charge in [0.25, 0.3) is 11.5 Å². The highest BCUT2D eigenvalue weighted by Gasteiger charge is 2.25. The molecule has 3 heterocycles. The Morgan fingerprint density at radius 3 is 2.89 bits per heavy atom. The van der Waals surface area contributed by atoms with Crippen LogP contribution >= 0.6 is 0 Å². The van der Waals surface area contributed by atoms with Crippen molar-refractivity contribution in [1.29, 1.82) is 0 Å². The highest BCUT2D eigenvalue weighted by atomic mass is 16.5. The zero-order valence-electron chi connectivity index (χ0n) is 16.6. The summed E-state index contributed by atoms with van der Waals surface area (Å²) in [7, 11) is 3.31. The fourth-order valence-corrected chi connectivity index (χ4v) is 3.22. The molecule has 150 valence electrons. The number of aryl methyl sites for hydroxylation is 3. The highest BCUT2D eigenvalue weighted by Crippen LogP contribution is 2.23. The second-order valence-electron chi connectivity index (χ2n) is 6.60. The van der Waals surface area contributed by atoms with Gasteiger partial charge in [-0.1, -0.05) is 0 Å². The minimum atomic E-state index is -0.284. The maximum Gasteiger partial charge on any atom is 0.265 e. The van der Waals surface area contributed by atoms with Crippen molar-refractivity contribution in [1.82, 2.24) is 24.2 Å². The van der Waals surface area contributed by atoms with E-state index >= 15 is 0 Å². The Labute approximate surface area is 162 Å². The molecule has 0 atom stereocenters. The van der Waals surface area contributed by atoms with Crippen LogP contribution in [-0.2, 0) is 24.4 Å². The Hall–Kier alpha value is -2.94. The molecule has 3 rings (SSSR count). The van der Waals surface area contributed by atoms with E-state index in [9.17, 15) is 9.59 Å². The first-order valence-corrected chi connectivity index (χ1v) is 9.21. The van der Waals surface area contributed by atoms with Crippen molar-refractivity contribution < 1.29 is 13.9 Å². The Balaban J connectivity index is 1.94. The van der Waals surface area contributed by atoms with Crippen LogP contribution in [0.4, 0.5) is 0 Å². The number of furan rings is 1. The molecule has 9 heteroatoms. The average Bonchev–Trinajstić information content (AvgIpc) is 3.26. The van der Waals surface area contributed by atoms with Crippen LogP contribution in [0.3, 0.4) is 0 Å². The number of hydrogen-bond donors (Lipinski definition) is 0. The first kappa shape index (κ1) is 19.8. The lowest BCUT2D eigenvalue weighted by Crippen LogP contribution is -2.29. The van der Waals surface area contributed by atoms with Gasteiger partial charge in [-0.05, 0) is 26.3 Å². The van der Waals surface area contributed by atoms with E-state index in [0.29, 0.717) is 38.4 Å². The van der Waals surface area contributed by atoms with E-state index in [0.717, 1.165) is 5.69 Å². The molecule has 0 saturated carbocycles. The average molecular weight is 387 g/mol. The van der Waals surface area contributed by atoms with Gasteiger partial charge >= 0.3 is 0 Å². The first-order valence-electron chi connectivity index (χ1n) is 9.21. The van der Waals surface area contributed by atoms with Crippen molar-refractivity contribution in [2.75, 3.05) is 20.8 Å². The van der Waals surface area contributed by atoms with E-state index in [4.69, 9.17) is 9.15 Å². The molecule has 28 heavy (non-hydrogen) atoms. The van der Waals surface area contributed by atoms with E-state index < -0.39 is 0 Å². The summed E-state index contributed by atoms with van der Waals surface area (Å²) < 4.78 is 13.9. The van der Waals surface area contributed by atoms with Gasteiger partial charge in [-0.15, -0.1) is 0 Å². The van der Waals surface area contributed by atoms with Gasteiger partial charge in [0.2, 0.25) is 5.71 Å². The van der Waals surface area contributed by atoms with Gasteiger partial charge in [-0.25, -0.2) is 4.98 Å². The fraction of sp³-hybridized carbons (Fsp3) is 0.474. The molecule has 0 aliphatic heterocycles. The normalized spacial score (nSPS) is 11.3. The molecule has 9 nitrogen and oxygen atoms in total. The summed E-state index contributed by atoms with van der Waals surface area (Å²) in [6, 6.07) is 1.87. The molecule has 0 bridgehead atoms. The Bertz CT molecular complexity index is 1030. The third-order valence-electron chi connectivity index (χ3n) is 4.67. The number of hydrogen-bond acceptors (Lipinski definition) is 6. The molecule has 0 aliphatic carbocycles. The summed E-state index contributed by atoms with van der Waals surface area (Å²) in [5.41, 5.74) is 1.08. The molecule has 1 amide bonds. The monoisotopic (exact) mass is 387 g/mol. The van der Waals surface area contributed by atoms with Crippen molar-refractivity contribution >= 4 is 17.0 Å². The largest absolute Gasteiger partial charge is 0.442 e. The van der Waals surface area contributed by atoms with E-state index in [2.05, 4.69) is 10.1 Å². The number of carbonyl (C=O) groups excluding carboxylic acids is 1. The van der Waals surface area contributed by atoms with Crippen molar-refractivity contribution in [3.8, 4) is 0 Å². The molecular formula is C19H25N5O4. The van der Waals surface area contributed by atoms with Gasteiger partial charge in [0.05, 0.1) is 17.8 Å². The molecule has 0 N–H and O–H groups in total. The molecule has 0 aliphatic rings. The van der Waals surface area contributed by atoms with Gasteiger partial charge in [-0.2, -0.15) is 5.10 Å². The number of ether oxygens (including phenoxy) is 1. The lowest BCUT2D eigenvalue weighted by molar-refractivity contribution is 0.0781. The lowest BCUT2D eigenvalue weighted by atomic mass is 10.1. The quantitative estimate of drug-likeness (QED) is 0.547. The predicted octanol–water partition coefficient (Wildman–Crippen LogP) is 1.82. The van der Waals surface area contributed by atoms with Crippen LogP contribution in [0.15, 0.2) is 27.8 Å². The SMILES string of the molecule is CCn1nccc1CN(C)C(=O)c1c(C)oc2ncn(CCCOC)c(=O)c12. The number of fused-ring (bicyclic) bond motifs is 1. The minimum absolute atomic E-state index is 0.181. The summed E-state index contributed by atoms with van der Waals surface area (Å²) in [6.45, 7) is 5.75. The van der Waals surface area contributed by atoms with Gasteiger partial charge in [0.1, 0.15) is 17.5 Å². The van der Waals surface area contributed by atoms with Gasteiger partial charge in [0.15, 0.2) is 0 Å². The summed E-state index contributed by atoms with van der Waals surface area (Å²) in [5.74, 6) is 0.101. The van der Waals surface area contributed by atoms with Crippen molar-refractivity contribution in [2.24, 2.45) is 0 Å². The zero-order chi connectivity index (χ0) is 20.3. The second-order valence-corrected chi connectivity index (χ2v) is 6.60. The molecular weight excluding hydrogens is 362 g/mol. The van der Waals surface area contributed by atoms with E-state index in [1.165, 1.54) is 10.9 Å². The minimum Gasteiger partial charge on any atom is -0.442 e. The van der Waals surface area contributed by atoms with Crippen molar-refractivity contribution in [3.63, 3.8) is 0 Å². The summed E-state index contributed by atoms with van der Waals surface area (Å²) in [6.07, 6.45) is 3.82. The lowest BCUT2D eigenvalue weighted by Gasteiger charge is -2.17. The van der Waals surface area contributed by atoms with Crippen LogP contribution < -0.4 is 5.56 Å².